The quantitative estimate of drug-likeness (QED) is 0.830. The molecule has 0 spiro atoms. The summed E-state index contributed by atoms with van der Waals surface area (Å²) in [5, 5.41) is 12.7. The molecule has 1 aliphatic heterocycles. The van der Waals surface area contributed by atoms with E-state index in [4.69, 9.17) is 27.9 Å². The number of carbonyl (C=O) groups is 2. The monoisotopic (exact) mass is 345 g/mol. The summed E-state index contributed by atoms with van der Waals surface area (Å²) in [4.78, 5) is 23.3. The Morgan fingerprint density at radius 2 is 2.00 bits per heavy atom. The number of aliphatic carboxylic acids is 1. The number of benzene rings is 1. The van der Waals surface area contributed by atoms with Crippen molar-refractivity contribution in [2.75, 3.05) is 6.61 Å². The molecule has 120 valence electrons. The molecule has 5 nitrogen and oxygen atoms in total. The summed E-state index contributed by atoms with van der Waals surface area (Å²) in [7, 11) is 0. The van der Waals surface area contributed by atoms with Gasteiger partial charge in [0, 0.05) is 23.1 Å². The van der Waals surface area contributed by atoms with E-state index in [0.717, 1.165) is 12.8 Å². The van der Waals surface area contributed by atoms with Gasteiger partial charge in [0.15, 0.2) is 0 Å². The van der Waals surface area contributed by atoms with Gasteiger partial charge in [-0.05, 0) is 36.6 Å². The van der Waals surface area contributed by atoms with E-state index in [0.29, 0.717) is 22.2 Å². The van der Waals surface area contributed by atoms with Crippen LogP contribution >= 0.6 is 23.2 Å². The lowest BCUT2D eigenvalue weighted by Crippen LogP contribution is -2.43. The summed E-state index contributed by atoms with van der Waals surface area (Å²) in [6, 6.07) is 3.81. The topological polar surface area (TPSA) is 75.6 Å². The van der Waals surface area contributed by atoms with E-state index in [1.165, 1.54) is 0 Å². The molecule has 0 saturated carbocycles. The second kappa shape index (κ2) is 7.81. The van der Waals surface area contributed by atoms with Crippen LogP contribution in [-0.4, -0.2) is 35.7 Å². The molecule has 7 heteroatoms. The first-order valence-corrected chi connectivity index (χ1v) is 7.78. The summed E-state index contributed by atoms with van der Waals surface area (Å²) >= 11 is 11.8. The maximum absolute atomic E-state index is 11.9. The Hall–Kier alpha value is -1.30. The molecule has 2 atom stereocenters. The zero-order chi connectivity index (χ0) is 16.1. The molecule has 1 heterocycles. The zero-order valence-corrected chi connectivity index (χ0v) is 13.4. The Kier molecular flexibility index (Phi) is 6.06. The fraction of sp³-hybridized carbons (Fsp3) is 0.467. The smallest absolute Gasteiger partial charge is 0.326 e. The van der Waals surface area contributed by atoms with Gasteiger partial charge in [0.25, 0.3) is 0 Å². The van der Waals surface area contributed by atoms with Gasteiger partial charge >= 0.3 is 5.97 Å². The maximum atomic E-state index is 11.9. The Balaban J connectivity index is 1.96. The molecule has 0 bridgehead atoms. The van der Waals surface area contributed by atoms with E-state index < -0.39 is 12.0 Å². The van der Waals surface area contributed by atoms with Crippen molar-refractivity contribution in [1.29, 1.82) is 0 Å². The van der Waals surface area contributed by atoms with Crippen LogP contribution in [-0.2, 0) is 20.7 Å². The average Bonchev–Trinajstić information content (AvgIpc) is 2.89. The number of carboxylic acids is 1. The standard InChI is InChI=1S/C15H17Cl2NO4/c16-10-4-9(5-11(17)7-10)6-13(15(20)21)18-14(19)8-12-2-1-3-22-12/h4-5,7,12-13H,1-3,6,8H2,(H,18,19)(H,20,21). The molecule has 1 fully saturated rings. The van der Waals surface area contributed by atoms with Gasteiger partial charge in [-0.25, -0.2) is 4.79 Å². The van der Waals surface area contributed by atoms with Crippen LogP contribution < -0.4 is 5.32 Å². The Labute approximate surface area is 138 Å². The number of ether oxygens (including phenoxy) is 1. The van der Waals surface area contributed by atoms with E-state index in [-0.39, 0.29) is 24.9 Å². The zero-order valence-electron chi connectivity index (χ0n) is 11.9. The van der Waals surface area contributed by atoms with Gasteiger partial charge < -0.3 is 15.2 Å². The van der Waals surface area contributed by atoms with Crippen LogP contribution in [0, 0.1) is 0 Å². The predicted octanol–water partition coefficient (Wildman–Crippen LogP) is 2.67. The van der Waals surface area contributed by atoms with Crippen LogP contribution in [0.4, 0.5) is 0 Å². The highest BCUT2D eigenvalue weighted by Crippen LogP contribution is 2.20. The minimum Gasteiger partial charge on any atom is -0.480 e. The molecule has 2 rings (SSSR count). The van der Waals surface area contributed by atoms with Crippen molar-refractivity contribution in [1.82, 2.24) is 5.32 Å². The number of carboxylic acid groups (broad SMARTS) is 1. The molecular weight excluding hydrogens is 329 g/mol. The number of amides is 1. The van der Waals surface area contributed by atoms with Crippen molar-refractivity contribution in [3.8, 4) is 0 Å². The van der Waals surface area contributed by atoms with Gasteiger partial charge in [-0.2, -0.15) is 0 Å². The number of rotatable bonds is 6. The lowest BCUT2D eigenvalue weighted by Gasteiger charge is -2.16. The highest BCUT2D eigenvalue weighted by Gasteiger charge is 2.24. The summed E-state index contributed by atoms with van der Waals surface area (Å²) in [6.45, 7) is 0.654. The third-order valence-corrected chi connectivity index (χ3v) is 3.87. The molecular formula is C15H17Cl2NO4. The largest absolute Gasteiger partial charge is 0.480 e. The molecule has 1 aromatic carbocycles. The van der Waals surface area contributed by atoms with E-state index in [1.807, 2.05) is 0 Å². The number of nitrogens with one attached hydrogen (secondary N) is 1. The maximum Gasteiger partial charge on any atom is 0.326 e. The first kappa shape index (κ1) is 17.1. The molecule has 0 aromatic heterocycles. The fourth-order valence-corrected chi connectivity index (χ4v) is 3.00. The summed E-state index contributed by atoms with van der Waals surface area (Å²) in [5.74, 6) is -1.43. The van der Waals surface area contributed by atoms with Gasteiger partial charge in [0.05, 0.1) is 12.5 Å². The van der Waals surface area contributed by atoms with E-state index in [9.17, 15) is 14.7 Å². The summed E-state index contributed by atoms with van der Waals surface area (Å²) in [6.07, 6.45) is 1.94. The van der Waals surface area contributed by atoms with Crippen molar-refractivity contribution in [3.05, 3.63) is 33.8 Å². The van der Waals surface area contributed by atoms with Gasteiger partial charge in [-0.3, -0.25) is 4.79 Å². The molecule has 1 saturated heterocycles. The lowest BCUT2D eigenvalue weighted by atomic mass is 10.1. The van der Waals surface area contributed by atoms with Crippen LogP contribution in [0.2, 0.25) is 10.0 Å². The molecule has 0 aliphatic carbocycles. The van der Waals surface area contributed by atoms with E-state index in [2.05, 4.69) is 5.32 Å². The Morgan fingerprint density at radius 1 is 1.32 bits per heavy atom. The molecule has 22 heavy (non-hydrogen) atoms. The van der Waals surface area contributed by atoms with Gasteiger partial charge in [-0.1, -0.05) is 23.2 Å². The highest BCUT2D eigenvalue weighted by atomic mass is 35.5. The summed E-state index contributed by atoms with van der Waals surface area (Å²) < 4.78 is 5.37. The van der Waals surface area contributed by atoms with Crippen molar-refractivity contribution < 1.29 is 19.4 Å². The number of hydrogen-bond donors (Lipinski definition) is 2. The number of halogens is 2. The van der Waals surface area contributed by atoms with Crippen LogP contribution in [0.3, 0.4) is 0 Å². The van der Waals surface area contributed by atoms with Crippen LogP contribution in [0.15, 0.2) is 18.2 Å². The molecule has 2 unspecified atom stereocenters. The minimum atomic E-state index is -1.10. The van der Waals surface area contributed by atoms with E-state index >= 15 is 0 Å². The highest BCUT2D eigenvalue weighted by molar-refractivity contribution is 6.34. The second-order valence-electron chi connectivity index (χ2n) is 5.28. The number of carbonyl (C=O) groups excluding carboxylic acids is 1. The van der Waals surface area contributed by atoms with Crippen LogP contribution in [0.1, 0.15) is 24.8 Å². The minimum absolute atomic E-state index is 0.116. The van der Waals surface area contributed by atoms with Crippen molar-refractivity contribution in [2.24, 2.45) is 0 Å². The Morgan fingerprint density at radius 3 is 2.55 bits per heavy atom. The lowest BCUT2D eigenvalue weighted by molar-refractivity contribution is -0.142. The van der Waals surface area contributed by atoms with E-state index in [1.54, 1.807) is 18.2 Å². The van der Waals surface area contributed by atoms with Gasteiger partial charge in [0.1, 0.15) is 6.04 Å². The van der Waals surface area contributed by atoms with Gasteiger partial charge in [-0.15, -0.1) is 0 Å². The average molecular weight is 346 g/mol. The third kappa shape index (κ3) is 5.16. The molecule has 1 amide bonds. The molecule has 1 aromatic rings. The second-order valence-corrected chi connectivity index (χ2v) is 6.15. The van der Waals surface area contributed by atoms with Crippen molar-refractivity contribution in [3.63, 3.8) is 0 Å². The predicted molar refractivity (Wildman–Crippen MR) is 83.3 cm³/mol. The van der Waals surface area contributed by atoms with Gasteiger partial charge in [0.2, 0.25) is 5.91 Å². The Bertz CT molecular complexity index is 538. The SMILES string of the molecule is O=C(CC1CCCO1)NC(Cc1cc(Cl)cc(Cl)c1)C(=O)O. The number of hydrogen-bond acceptors (Lipinski definition) is 3. The fourth-order valence-electron chi connectivity index (χ4n) is 2.43. The normalized spacial score (nSPS) is 18.9. The van der Waals surface area contributed by atoms with Crippen molar-refractivity contribution in [2.45, 2.75) is 37.8 Å². The molecule has 1 aliphatic rings. The first-order valence-electron chi connectivity index (χ1n) is 7.03. The van der Waals surface area contributed by atoms with Crippen molar-refractivity contribution >= 4 is 35.1 Å². The first-order chi connectivity index (χ1) is 10.4. The van der Waals surface area contributed by atoms with Crippen LogP contribution in [0.5, 0.6) is 0 Å². The van der Waals surface area contributed by atoms with Crippen LogP contribution in [0.25, 0.3) is 0 Å². The summed E-state index contributed by atoms with van der Waals surface area (Å²) in [5.41, 5.74) is 0.655. The molecule has 2 N–H and O–H groups in total. The third-order valence-electron chi connectivity index (χ3n) is 3.43. The molecule has 0 radical (unpaired) electrons.